The Morgan fingerprint density at radius 1 is 0.375 bits per heavy atom. The van der Waals surface area contributed by atoms with Crippen molar-refractivity contribution in [2.24, 2.45) is 0 Å². The molecule has 2 aliphatic carbocycles. The highest BCUT2D eigenvalue weighted by Gasteiger charge is 2.39. The molecule has 1 aromatic heterocycles. The quantitative estimate of drug-likeness (QED) is 0.176. The largest absolute Gasteiger partial charge is 0.453 e. The Morgan fingerprint density at radius 2 is 0.893 bits per heavy atom. The molecule has 2 nitrogen and oxygen atoms in total. The number of rotatable bonds is 5. The fourth-order valence-corrected chi connectivity index (χ4v) is 9.87. The van der Waals surface area contributed by atoms with Crippen molar-refractivity contribution in [1.82, 2.24) is 0 Å². The third kappa shape index (κ3) is 4.62. The summed E-state index contributed by atoms with van der Waals surface area (Å²) in [5.41, 5.74) is 20.0. The highest BCUT2D eigenvalue weighted by molar-refractivity contribution is 6.15. The van der Waals surface area contributed by atoms with Gasteiger partial charge >= 0.3 is 0 Å². The minimum absolute atomic E-state index is 0.114. The molecule has 0 spiro atoms. The maximum Gasteiger partial charge on any atom is 0.159 e. The number of nitrogens with zero attached hydrogens (tertiary/aromatic N) is 1. The van der Waals surface area contributed by atoms with E-state index in [1.54, 1.807) is 0 Å². The van der Waals surface area contributed by atoms with Gasteiger partial charge in [-0.15, -0.1) is 0 Å². The highest BCUT2D eigenvalue weighted by atomic mass is 16.3. The summed E-state index contributed by atoms with van der Waals surface area (Å²) in [6.45, 7) is 9.37. The summed E-state index contributed by atoms with van der Waals surface area (Å²) in [5.74, 6) is 0. The van der Waals surface area contributed by atoms with E-state index >= 15 is 0 Å². The van der Waals surface area contributed by atoms with Crippen LogP contribution in [-0.2, 0) is 10.8 Å². The van der Waals surface area contributed by atoms with Gasteiger partial charge in [0, 0.05) is 38.4 Å². The third-order valence-electron chi connectivity index (χ3n) is 12.7. The molecule has 2 heteroatoms. The highest BCUT2D eigenvalue weighted by Crippen LogP contribution is 2.56. The first-order chi connectivity index (χ1) is 27.3. The zero-order chi connectivity index (χ0) is 37.8. The minimum atomic E-state index is -0.139. The molecule has 1 heterocycles. The summed E-state index contributed by atoms with van der Waals surface area (Å²) in [6, 6.07) is 64.4. The minimum Gasteiger partial charge on any atom is -0.453 e. The van der Waals surface area contributed by atoms with Gasteiger partial charge in [-0.25, -0.2) is 0 Å². The van der Waals surface area contributed by atoms with Crippen molar-refractivity contribution in [1.29, 1.82) is 0 Å². The molecule has 0 fully saturated rings. The van der Waals surface area contributed by atoms with Crippen LogP contribution in [-0.4, -0.2) is 0 Å². The summed E-state index contributed by atoms with van der Waals surface area (Å²) >= 11 is 0. The van der Waals surface area contributed by atoms with E-state index in [0.29, 0.717) is 0 Å². The Kier molecular flexibility index (Phi) is 6.98. The van der Waals surface area contributed by atoms with Crippen LogP contribution >= 0.6 is 0 Å². The van der Waals surface area contributed by atoms with Gasteiger partial charge in [-0.1, -0.05) is 173 Å². The van der Waals surface area contributed by atoms with Crippen molar-refractivity contribution < 1.29 is 4.42 Å². The lowest BCUT2D eigenvalue weighted by atomic mass is 9.82. The van der Waals surface area contributed by atoms with Crippen LogP contribution in [0, 0.1) is 0 Å². The molecule has 8 aromatic carbocycles. The number of para-hydroxylation sites is 1. The summed E-state index contributed by atoms with van der Waals surface area (Å²) < 4.78 is 7.27. The van der Waals surface area contributed by atoms with E-state index in [9.17, 15) is 0 Å². The second-order valence-corrected chi connectivity index (χ2v) is 16.5. The molecule has 0 bridgehead atoms. The smallest absolute Gasteiger partial charge is 0.159 e. The maximum absolute atomic E-state index is 7.27. The number of hydrogen-bond donors (Lipinski definition) is 0. The molecule has 56 heavy (non-hydrogen) atoms. The van der Waals surface area contributed by atoms with Gasteiger partial charge in [-0.05, 0) is 86.0 Å². The number of hydrogen-bond acceptors (Lipinski definition) is 2. The molecule has 0 amide bonds. The van der Waals surface area contributed by atoms with Crippen LogP contribution in [0.5, 0.6) is 0 Å². The Hall–Kier alpha value is -6.64. The number of anilines is 3. The van der Waals surface area contributed by atoms with E-state index < -0.39 is 0 Å². The van der Waals surface area contributed by atoms with Crippen molar-refractivity contribution in [3.8, 4) is 44.5 Å². The van der Waals surface area contributed by atoms with E-state index in [4.69, 9.17) is 4.42 Å². The van der Waals surface area contributed by atoms with Crippen LogP contribution in [0.25, 0.3) is 66.4 Å². The molecule has 2 aliphatic rings. The summed E-state index contributed by atoms with van der Waals surface area (Å²) in [6.07, 6.45) is 0. The topological polar surface area (TPSA) is 16.4 Å². The predicted molar refractivity (Wildman–Crippen MR) is 234 cm³/mol. The van der Waals surface area contributed by atoms with Crippen LogP contribution in [0.1, 0.15) is 49.9 Å². The van der Waals surface area contributed by atoms with Crippen LogP contribution in [0.2, 0.25) is 0 Å². The van der Waals surface area contributed by atoms with Gasteiger partial charge in [0.2, 0.25) is 0 Å². The number of furan rings is 1. The van der Waals surface area contributed by atoms with Gasteiger partial charge in [0.15, 0.2) is 5.58 Å². The normalized spacial score (nSPS) is 14.4. The molecule has 0 unspecified atom stereocenters. The fraction of sp³-hybridized carbons (Fsp3) is 0.111. The van der Waals surface area contributed by atoms with Gasteiger partial charge in [0.25, 0.3) is 0 Å². The zero-order valence-corrected chi connectivity index (χ0v) is 32.1. The van der Waals surface area contributed by atoms with Gasteiger partial charge in [0.1, 0.15) is 5.58 Å². The molecule has 0 aliphatic heterocycles. The second kappa shape index (κ2) is 11.9. The second-order valence-electron chi connectivity index (χ2n) is 16.5. The Morgan fingerprint density at radius 3 is 1.64 bits per heavy atom. The molecule has 0 radical (unpaired) electrons. The first kappa shape index (κ1) is 32.8. The van der Waals surface area contributed by atoms with Crippen molar-refractivity contribution in [3.05, 3.63) is 198 Å². The Balaban J connectivity index is 1.17. The number of benzene rings is 8. The van der Waals surface area contributed by atoms with Crippen LogP contribution in [0.4, 0.5) is 17.1 Å². The molecule has 9 aromatic rings. The van der Waals surface area contributed by atoms with E-state index in [2.05, 4.69) is 209 Å². The Labute approximate surface area is 328 Å². The molecular formula is C54H41NO. The van der Waals surface area contributed by atoms with E-state index in [1.807, 2.05) is 0 Å². The first-order valence-electron chi connectivity index (χ1n) is 19.7. The zero-order valence-electron chi connectivity index (χ0n) is 32.1. The lowest BCUT2D eigenvalue weighted by molar-refractivity contribution is 0.653. The Bertz CT molecular complexity index is 3030. The molecule has 0 saturated carbocycles. The van der Waals surface area contributed by atoms with Crippen molar-refractivity contribution in [2.75, 3.05) is 4.90 Å². The van der Waals surface area contributed by atoms with Gasteiger partial charge in [-0.3, -0.25) is 0 Å². The van der Waals surface area contributed by atoms with Gasteiger partial charge in [0.05, 0.1) is 11.4 Å². The molecule has 0 N–H and O–H groups in total. The van der Waals surface area contributed by atoms with Crippen molar-refractivity contribution in [2.45, 2.75) is 38.5 Å². The SMILES string of the molecule is CC1(C)c2ccccc2-c2c(N(c3cccc(-c4cccc(-c5ccccc5)c4)c3)c3cccc4c3oc3c5c(ccc34)C(C)(C)c3ccccc3-5)cccc21. The summed E-state index contributed by atoms with van der Waals surface area (Å²) in [5, 5.41) is 2.26. The molecular weight excluding hydrogens is 679 g/mol. The van der Waals surface area contributed by atoms with E-state index in [-0.39, 0.29) is 10.8 Å². The van der Waals surface area contributed by atoms with Crippen LogP contribution in [0.15, 0.2) is 180 Å². The average Bonchev–Trinajstić information content (AvgIpc) is 3.82. The van der Waals surface area contributed by atoms with Crippen molar-refractivity contribution in [3.63, 3.8) is 0 Å². The molecule has 0 atom stereocenters. The molecule has 0 saturated heterocycles. The monoisotopic (exact) mass is 719 g/mol. The standard InChI is InChI=1S/C54H41NO/c1-53(2)43-25-10-8-22-41(43)49-45(53)27-15-28-47(49)55(38-21-13-20-37(33-38)36-19-12-18-35(32-36)34-16-6-5-7-17-34)48-29-14-24-39-40-30-31-46-50(52(40)56-51(39)48)42-23-9-11-26-44(42)54(46,3)4/h5-33H,1-4H3. The van der Waals surface area contributed by atoms with Gasteiger partial charge in [-0.2, -0.15) is 0 Å². The van der Waals surface area contributed by atoms with Crippen molar-refractivity contribution >= 4 is 39.0 Å². The summed E-state index contributed by atoms with van der Waals surface area (Å²) in [7, 11) is 0. The maximum atomic E-state index is 7.27. The molecule has 11 rings (SSSR count). The third-order valence-corrected chi connectivity index (χ3v) is 12.7. The number of fused-ring (bicyclic) bond motifs is 10. The van der Waals surface area contributed by atoms with Crippen LogP contribution in [0.3, 0.4) is 0 Å². The predicted octanol–water partition coefficient (Wildman–Crippen LogP) is 15.0. The van der Waals surface area contributed by atoms with E-state index in [1.165, 1.54) is 61.2 Å². The fourth-order valence-electron chi connectivity index (χ4n) is 9.87. The lowest BCUT2D eigenvalue weighted by Gasteiger charge is -2.29. The van der Waals surface area contributed by atoms with E-state index in [0.717, 1.165) is 44.6 Å². The first-order valence-corrected chi connectivity index (χ1v) is 19.7. The lowest BCUT2D eigenvalue weighted by Crippen LogP contribution is -2.16. The molecule has 268 valence electrons. The average molecular weight is 720 g/mol. The van der Waals surface area contributed by atoms with Gasteiger partial charge < -0.3 is 9.32 Å². The van der Waals surface area contributed by atoms with Crippen LogP contribution < -0.4 is 4.90 Å². The summed E-state index contributed by atoms with van der Waals surface area (Å²) in [4.78, 5) is 2.45.